The van der Waals surface area contributed by atoms with Crippen molar-refractivity contribution in [2.75, 3.05) is 31.0 Å². The minimum atomic E-state index is -3.77. The smallest absolute Gasteiger partial charge is 0.264 e. The molecule has 6 heteroatoms. The van der Waals surface area contributed by atoms with Crippen LogP contribution in [0.3, 0.4) is 0 Å². The number of benzene rings is 3. The van der Waals surface area contributed by atoms with Crippen molar-refractivity contribution in [3.8, 4) is 16.9 Å². The number of hydrogen-bond acceptors (Lipinski definition) is 4. The highest BCUT2D eigenvalue weighted by molar-refractivity contribution is 7.92. The lowest BCUT2D eigenvalue weighted by Crippen LogP contribution is -2.39. The van der Waals surface area contributed by atoms with Crippen molar-refractivity contribution in [3.63, 3.8) is 0 Å². The van der Waals surface area contributed by atoms with E-state index >= 15 is 0 Å². The summed E-state index contributed by atoms with van der Waals surface area (Å²) in [5, 5.41) is 3.37. The molecule has 1 atom stereocenters. The fourth-order valence-electron chi connectivity index (χ4n) is 3.68. The minimum absolute atomic E-state index is 0.166. The Balaban J connectivity index is 2.17. The van der Waals surface area contributed by atoms with Crippen LogP contribution < -0.4 is 14.4 Å². The van der Waals surface area contributed by atoms with Crippen molar-refractivity contribution in [2.45, 2.75) is 25.2 Å². The SMILES string of the molecule is CCNCC(CC)CN(c1ccc(OC)cc1-c1ccccc1)S(=O)(=O)c1ccccc1. The summed E-state index contributed by atoms with van der Waals surface area (Å²) in [6, 6.07) is 24.0. The Morgan fingerprint density at radius 1 is 0.938 bits per heavy atom. The molecule has 1 N–H and O–H groups in total. The van der Waals surface area contributed by atoms with E-state index < -0.39 is 10.0 Å². The molecule has 0 fully saturated rings. The zero-order chi connectivity index (χ0) is 23.0. The maximum atomic E-state index is 13.9. The highest BCUT2D eigenvalue weighted by Crippen LogP contribution is 2.37. The van der Waals surface area contributed by atoms with Crippen LogP contribution >= 0.6 is 0 Å². The topological polar surface area (TPSA) is 58.6 Å². The Hall–Kier alpha value is -2.83. The molecule has 0 aromatic heterocycles. The lowest BCUT2D eigenvalue weighted by molar-refractivity contribution is 0.415. The lowest BCUT2D eigenvalue weighted by Gasteiger charge is -2.30. The van der Waals surface area contributed by atoms with Gasteiger partial charge in [0.2, 0.25) is 0 Å². The van der Waals surface area contributed by atoms with Crippen molar-refractivity contribution >= 4 is 15.7 Å². The first kappa shape index (κ1) is 23.8. The zero-order valence-corrected chi connectivity index (χ0v) is 19.8. The summed E-state index contributed by atoms with van der Waals surface area (Å²) in [6.07, 6.45) is 0.866. The van der Waals surface area contributed by atoms with Gasteiger partial charge in [-0.2, -0.15) is 0 Å². The molecule has 32 heavy (non-hydrogen) atoms. The molecule has 0 aliphatic rings. The van der Waals surface area contributed by atoms with Crippen molar-refractivity contribution in [2.24, 2.45) is 5.92 Å². The average Bonchev–Trinajstić information content (AvgIpc) is 2.85. The van der Waals surface area contributed by atoms with E-state index in [1.54, 1.807) is 35.7 Å². The molecule has 0 aliphatic heterocycles. The normalized spacial score (nSPS) is 12.3. The summed E-state index contributed by atoms with van der Waals surface area (Å²) in [6.45, 7) is 6.14. The molecule has 5 nitrogen and oxygen atoms in total. The molecule has 3 rings (SSSR count). The standard InChI is InChI=1S/C26H32N2O3S/c1-4-21(19-27-5-2)20-28(32(29,30)24-14-10-7-11-15-24)26-17-16-23(31-3)18-25(26)22-12-8-6-9-13-22/h6-18,21,27H,4-5,19-20H2,1-3H3. The number of methoxy groups -OCH3 is 1. The van der Waals surface area contributed by atoms with E-state index in [9.17, 15) is 8.42 Å². The summed E-state index contributed by atoms with van der Waals surface area (Å²) in [5.41, 5.74) is 2.41. The van der Waals surface area contributed by atoms with Crippen LogP contribution in [0.1, 0.15) is 20.3 Å². The monoisotopic (exact) mass is 452 g/mol. The van der Waals surface area contributed by atoms with Crippen molar-refractivity contribution < 1.29 is 13.2 Å². The number of nitrogens with one attached hydrogen (secondary N) is 1. The van der Waals surface area contributed by atoms with Gasteiger partial charge < -0.3 is 10.1 Å². The van der Waals surface area contributed by atoms with Gasteiger partial charge in [0.1, 0.15) is 5.75 Å². The van der Waals surface area contributed by atoms with E-state index in [0.29, 0.717) is 18.0 Å². The van der Waals surface area contributed by atoms with E-state index in [2.05, 4.69) is 19.2 Å². The van der Waals surface area contributed by atoms with Crippen LogP contribution in [0.4, 0.5) is 5.69 Å². The Bertz CT molecular complexity index is 1090. The molecule has 0 amide bonds. The third-order valence-electron chi connectivity index (χ3n) is 5.57. The average molecular weight is 453 g/mol. The molecular formula is C26H32N2O3S. The molecule has 0 aliphatic carbocycles. The predicted octanol–water partition coefficient (Wildman–Crippen LogP) is 5.19. The second kappa shape index (κ2) is 11.2. The second-order valence-electron chi connectivity index (χ2n) is 7.68. The minimum Gasteiger partial charge on any atom is -0.497 e. The molecule has 170 valence electrons. The molecule has 0 saturated heterocycles. The van der Waals surface area contributed by atoms with E-state index in [0.717, 1.165) is 30.6 Å². The van der Waals surface area contributed by atoms with Crippen molar-refractivity contribution in [3.05, 3.63) is 78.9 Å². The van der Waals surface area contributed by atoms with E-state index in [1.165, 1.54) is 0 Å². The van der Waals surface area contributed by atoms with Crippen LogP contribution in [-0.2, 0) is 10.0 Å². The van der Waals surface area contributed by atoms with Crippen molar-refractivity contribution in [1.82, 2.24) is 5.32 Å². The second-order valence-corrected chi connectivity index (χ2v) is 9.54. The van der Waals surface area contributed by atoms with Gasteiger partial charge in [-0.1, -0.05) is 68.8 Å². The number of sulfonamides is 1. The van der Waals surface area contributed by atoms with Crippen LogP contribution in [0.2, 0.25) is 0 Å². The van der Waals surface area contributed by atoms with E-state index in [1.807, 2.05) is 54.6 Å². The number of hydrogen-bond donors (Lipinski definition) is 1. The molecule has 3 aromatic carbocycles. The third kappa shape index (κ3) is 5.50. The van der Waals surface area contributed by atoms with Crippen LogP contribution in [0.5, 0.6) is 5.75 Å². The Kier molecular flexibility index (Phi) is 8.31. The first-order valence-electron chi connectivity index (χ1n) is 11.0. The molecule has 0 bridgehead atoms. The van der Waals surface area contributed by atoms with Crippen LogP contribution in [0.15, 0.2) is 83.8 Å². The third-order valence-corrected chi connectivity index (χ3v) is 7.37. The summed E-state index contributed by atoms with van der Waals surface area (Å²) in [7, 11) is -2.15. The molecule has 0 saturated carbocycles. The quantitative estimate of drug-likeness (QED) is 0.435. The Morgan fingerprint density at radius 2 is 1.59 bits per heavy atom. The largest absolute Gasteiger partial charge is 0.497 e. The molecule has 3 aromatic rings. The Morgan fingerprint density at radius 3 is 2.19 bits per heavy atom. The van der Waals surface area contributed by atoms with Gasteiger partial charge in [0.15, 0.2) is 0 Å². The maximum absolute atomic E-state index is 13.9. The van der Waals surface area contributed by atoms with Crippen LogP contribution in [-0.4, -0.2) is 35.2 Å². The lowest BCUT2D eigenvalue weighted by atomic mass is 10.0. The fourth-order valence-corrected chi connectivity index (χ4v) is 5.26. The first-order chi connectivity index (χ1) is 15.5. The molecule has 0 spiro atoms. The van der Waals surface area contributed by atoms with Gasteiger partial charge in [-0.15, -0.1) is 0 Å². The zero-order valence-electron chi connectivity index (χ0n) is 19.0. The predicted molar refractivity (Wildman–Crippen MR) is 132 cm³/mol. The molecule has 1 unspecified atom stereocenters. The van der Waals surface area contributed by atoms with Gasteiger partial charge in [-0.25, -0.2) is 8.42 Å². The van der Waals surface area contributed by atoms with E-state index in [4.69, 9.17) is 4.74 Å². The van der Waals surface area contributed by atoms with Gasteiger partial charge in [-0.3, -0.25) is 4.31 Å². The molecule has 0 heterocycles. The summed E-state index contributed by atoms with van der Waals surface area (Å²) >= 11 is 0. The van der Waals surface area contributed by atoms with Gasteiger partial charge >= 0.3 is 0 Å². The fraction of sp³-hybridized carbons (Fsp3) is 0.308. The number of anilines is 1. The van der Waals surface area contributed by atoms with Crippen LogP contribution in [0, 0.1) is 5.92 Å². The maximum Gasteiger partial charge on any atom is 0.264 e. The summed E-state index contributed by atoms with van der Waals surface area (Å²) < 4.78 is 34.8. The molecule has 0 radical (unpaired) electrons. The van der Waals surface area contributed by atoms with Crippen LogP contribution in [0.25, 0.3) is 11.1 Å². The molecular weight excluding hydrogens is 420 g/mol. The van der Waals surface area contributed by atoms with Gasteiger partial charge in [-0.05, 0) is 54.9 Å². The summed E-state index contributed by atoms with van der Waals surface area (Å²) in [4.78, 5) is 0.285. The van der Waals surface area contributed by atoms with E-state index in [-0.39, 0.29) is 10.8 Å². The number of ether oxygens (including phenoxy) is 1. The van der Waals surface area contributed by atoms with Gasteiger partial charge in [0, 0.05) is 12.1 Å². The summed E-state index contributed by atoms with van der Waals surface area (Å²) in [5.74, 6) is 0.850. The van der Waals surface area contributed by atoms with Gasteiger partial charge in [0.05, 0.1) is 17.7 Å². The highest BCUT2D eigenvalue weighted by Gasteiger charge is 2.29. The highest BCUT2D eigenvalue weighted by atomic mass is 32.2. The Labute approximate surface area is 192 Å². The number of nitrogens with zero attached hydrogens (tertiary/aromatic N) is 1. The van der Waals surface area contributed by atoms with Gasteiger partial charge in [0.25, 0.3) is 10.0 Å². The first-order valence-corrected chi connectivity index (χ1v) is 12.5. The number of rotatable bonds is 11. The van der Waals surface area contributed by atoms with Crippen molar-refractivity contribution in [1.29, 1.82) is 0 Å².